The minimum Gasteiger partial charge on any atom is -0.468 e. The summed E-state index contributed by atoms with van der Waals surface area (Å²) in [6.07, 6.45) is 0. The predicted octanol–water partition coefficient (Wildman–Crippen LogP) is 0.187. The predicted molar refractivity (Wildman–Crippen MR) is 57.5 cm³/mol. The number of hydrogen-bond donors (Lipinski definition) is 3. The lowest BCUT2D eigenvalue weighted by Crippen LogP contribution is -2.42. The lowest BCUT2D eigenvalue weighted by atomic mass is 10.3. The molecule has 0 aliphatic heterocycles. The fraction of sp³-hybridized carbons (Fsp3) is 0.667. The van der Waals surface area contributed by atoms with Crippen LogP contribution in [-0.4, -0.2) is 35.5 Å². The minimum absolute atomic E-state index is 0.696. The number of rotatable bonds is 3. The second kappa shape index (κ2) is 5.02. The first kappa shape index (κ1) is 13.0. The summed E-state index contributed by atoms with van der Waals surface area (Å²) in [5.41, 5.74) is 0. The van der Waals surface area contributed by atoms with Crippen LogP contribution in [0.1, 0.15) is 0 Å². The third-order valence-electron chi connectivity index (χ3n) is 1.29. The van der Waals surface area contributed by atoms with Crippen LogP contribution < -0.4 is 0 Å². The van der Waals surface area contributed by atoms with Gasteiger partial charge < -0.3 is 9.47 Å². The van der Waals surface area contributed by atoms with Gasteiger partial charge in [-0.3, -0.25) is 4.79 Å². The van der Waals surface area contributed by atoms with Gasteiger partial charge >= 0.3 is 11.9 Å². The van der Waals surface area contributed by atoms with Gasteiger partial charge in [0.15, 0.2) is 4.08 Å². The van der Waals surface area contributed by atoms with E-state index < -0.39 is 21.3 Å². The van der Waals surface area contributed by atoms with E-state index >= 15 is 0 Å². The van der Waals surface area contributed by atoms with E-state index in [1.807, 2.05) is 0 Å². The average molecular weight is 242 g/mol. The highest BCUT2D eigenvalue weighted by molar-refractivity contribution is 8.03. The van der Waals surface area contributed by atoms with E-state index in [2.05, 4.69) is 47.4 Å². The second-order valence-corrected chi connectivity index (χ2v) is 4.42. The van der Waals surface area contributed by atoms with Gasteiger partial charge in [0.2, 0.25) is 0 Å². The fourth-order valence-electron chi connectivity index (χ4n) is 0.538. The normalized spacial score (nSPS) is 13.3. The van der Waals surface area contributed by atoms with Crippen molar-refractivity contribution in [2.45, 2.75) is 9.33 Å². The molecule has 0 spiro atoms. The summed E-state index contributed by atoms with van der Waals surface area (Å²) < 4.78 is 7.16. The molecule has 0 aromatic rings. The maximum Gasteiger partial charge on any atom is 0.333 e. The van der Waals surface area contributed by atoms with Crippen LogP contribution in [0, 0.1) is 0 Å². The number of ether oxygens (including phenoxy) is 2. The lowest BCUT2D eigenvalue weighted by molar-refractivity contribution is -0.146. The van der Waals surface area contributed by atoms with Crippen molar-refractivity contribution in [1.82, 2.24) is 0 Å². The first-order valence-corrected chi connectivity index (χ1v) is 4.58. The Morgan fingerprint density at radius 1 is 1.23 bits per heavy atom. The molecule has 0 heterocycles. The van der Waals surface area contributed by atoms with E-state index in [9.17, 15) is 9.59 Å². The summed E-state index contributed by atoms with van der Waals surface area (Å²) in [4.78, 5) is 22.0. The van der Waals surface area contributed by atoms with Gasteiger partial charge in [-0.25, -0.2) is 4.79 Å². The zero-order valence-corrected chi connectivity index (χ0v) is 9.74. The second-order valence-electron chi connectivity index (χ2n) is 2.14. The van der Waals surface area contributed by atoms with Crippen molar-refractivity contribution in [2.24, 2.45) is 0 Å². The highest BCUT2D eigenvalue weighted by atomic mass is 32.2. The molecular weight excluding hydrogens is 232 g/mol. The van der Waals surface area contributed by atoms with Gasteiger partial charge in [0.1, 0.15) is 5.25 Å². The SMILES string of the molecule is COC(=O)[C@@H](S)C(S)(S)C(=O)OC. The quantitative estimate of drug-likeness (QED) is 0.376. The molecule has 0 N–H and O–H groups in total. The summed E-state index contributed by atoms with van der Waals surface area (Å²) in [6, 6.07) is 0. The number of carbonyl (C=O) groups is 2. The molecule has 0 saturated carbocycles. The topological polar surface area (TPSA) is 52.6 Å². The number of thiol groups is 3. The Bertz CT molecular complexity index is 216. The van der Waals surface area contributed by atoms with E-state index in [1.54, 1.807) is 0 Å². The van der Waals surface area contributed by atoms with Crippen LogP contribution in [0.15, 0.2) is 0 Å². The molecule has 0 saturated heterocycles. The van der Waals surface area contributed by atoms with Crippen molar-refractivity contribution in [1.29, 1.82) is 0 Å². The van der Waals surface area contributed by atoms with Gasteiger partial charge in [-0.2, -0.15) is 12.6 Å². The number of carbonyl (C=O) groups excluding carboxylic acids is 2. The molecule has 0 aromatic carbocycles. The zero-order valence-electron chi connectivity index (χ0n) is 7.05. The summed E-state index contributed by atoms with van der Waals surface area (Å²) >= 11 is 11.6. The largest absolute Gasteiger partial charge is 0.468 e. The van der Waals surface area contributed by atoms with Gasteiger partial charge in [0.25, 0.3) is 0 Å². The lowest BCUT2D eigenvalue weighted by Gasteiger charge is -2.23. The molecule has 0 amide bonds. The Kier molecular flexibility index (Phi) is 5.01. The Morgan fingerprint density at radius 3 is 2.00 bits per heavy atom. The van der Waals surface area contributed by atoms with Gasteiger partial charge in [-0.05, 0) is 0 Å². The van der Waals surface area contributed by atoms with E-state index in [0.717, 1.165) is 0 Å². The summed E-state index contributed by atoms with van der Waals surface area (Å²) in [5.74, 6) is -1.46. The Labute approximate surface area is 92.6 Å². The zero-order chi connectivity index (χ0) is 10.6. The average Bonchev–Trinajstić information content (AvgIpc) is 2.13. The summed E-state index contributed by atoms with van der Waals surface area (Å²) in [5, 5.41) is -1.09. The van der Waals surface area contributed by atoms with Crippen LogP contribution in [0.4, 0.5) is 0 Å². The van der Waals surface area contributed by atoms with Gasteiger partial charge in [0, 0.05) is 0 Å². The maximum absolute atomic E-state index is 11.1. The maximum atomic E-state index is 11.1. The van der Waals surface area contributed by atoms with E-state index in [4.69, 9.17) is 0 Å². The first-order valence-electron chi connectivity index (χ1n) is 3.17. The Hall–Kier alpha value is -0.0100. The van der Waals surface area contributed by atoms with Gasteiger partial charge in [-0.1, -0.05) is 0 Å². The third kappa shape index (κ3) is 2.99. The fourth-order valence-corrected chi connectivity index (χ4v) is 1.14. The van der Waals surface area contributed by atoms with Crippen molar-refractivity contribution in [3.05, 3.63) is 0 Å². The van der Waals surface area contributed by atoms with Crippen LogP contribution >= 0.6 is 37.9 Å². The monoisotopic (exact) mass is 242 g/mol. The van der Waals surface area contributed by atoms with Crippen molar-refractivity contribution >= 4 is 49.8 Å². The molecule has 0 rings (SSSR count). The first-order chi connectivity index (χ1) is 5.87. The van der Waals surface area contributed by atoms with Crippen molar-refractivity contribution in [2.75, 3.05) is 14.2 Å². The number of methoxy groups -OCH3 is 2. The molecule has 0 aliphatic rings. The van der Waals surface area contributed by atoms with E-state index in [1.165, 1.54) is 14.2 Å². The molecule has 0 unspecified atom stereocenters. The third-order valence-corrected chi connectivity index (χ3v) is 3.18. The van der Waals surface area contributed by atoms with E-state index in [-0.39, 0.29) is 0 Å². The molecular formula is C6H10O4S3. The molecule has 0 aromatic heterocycles. The van der Waals surface area contributed by atoms with Gasteiger partial charge in [0.05, 0.1) is 14.2 Å². The standard InChI is InChI=1S/C6H10O4S3/c1-9-4(7)3(11)6(12,13)5(8)10-2/h3,11-13H,1-2H3/t3-/m1/s1. The Morgan fingerprint density at radius 2 is 1.69 bits per heavy atom. The number of esters is 2. The number of hydrogen-bond acceptors (Lipinski definition) is 7. The molecule has 0 fully saturated rings. The van der Waals surface area contributed by atoms with Crippen LogP contribution in [-0.2, 0) is 19.1 Å². The summed E-state index contributed by atoms with van der Waals surface area (Å²) in [7, 11) is 2.35. The minimum atomic E-state index is -1.59. The highest BCUT2D eigenvalue weighted by Gasteiger charge is 2.43. The molecule has 0 aliphatic carbocycles. The molecule has 13 heavy (non-hydrogen) atoms. The van der Waals surface area contributed by atoms with E-state index in [0.29, 0.717) is 0 Å². The van der Waals surface area contributed by atoms with Gasteiger partial charge in [-0.15, -0.1) is 25.3 Å². The van der Waals surface area contributed by atoms with Crippen molar-refractivity contribution in [3.8, 4) is 0 Å². The van der Waals surface area contributed by atoms with Crippen LogP contribution in [0.25, 0.3) is 0 Å². The van der Waals surface area contributed by atoms with Crippen LogP contribution in [0.5, 0.6) is 0 Å². The Balaban J connectivity index is 4.62. The van der Waals surface area contributed by atoms with Crippen molar-refractivity contribution in [3.63, 3.8) is 0 Å². The van der Waals surface area contributed by atoms with Crippen LogP contribution in [0.2, 0.25) is 0 Å². The molecule has 4 nitrogen and oxygen atoms in total. The molecule has 0 bridgehead atoms. The smallest absolute Gasteiger partial charge is 0.333 e. The molecule has 76 valence electrons. The summed E-state index contributed by atoms with van der Waals surface area (Å²) in [6.45, 7) is 0. The van der Waals surface area contributed by atoms with Crippen molar-refractivity contribution < 1.29 is 19.1 Å². The van der Waals surface area contributed by atoms with Crippen LogP contribution in [0.3, 0.4) is 0 Å². The molecule has 7 heteroatoms. The highest BCUT2D eigenvalue weighted by Crippen LogP contribution is 2.30. The molecule has 1 atom stereocenters. The molecule has 0 radical (unpaired) electrons.